The highest BCUT2D eigenvalue weighted by molar-refractivity contribution is 8.00. The zero-order valence-electron chi connectivity index (χ0n) is 24.7. The minimum absolute atomic E-state index is 0.268. The number of benzene rings is 4. The summed E-state index contributed by atoms with van der Waals surface area (Å²) in [4.78, 5) is 6.35. The third kappa shape index (κ3) is 3.92. The first-order valence-electron chi connectivity index (χ1n) is 15.7. The van der Waals surface area contributed by atoms with E-state index >= 15 is 0 Å². The number of hydrogen-bond donors (Lipinski definition) is 0. The van der Waals surface area contributed by atoms with Gasteiger partial charge in [0.2, 0.25) is 0 Å². The molecule has 2 heterocycles. The Morgan fingerprint density at radius 3 is 2.55 bits per heavy atom. The first-order chi connectivity index (χ1) is 21.8. The lowest BCUT2D eigenvalue weighted by molar-refractivity contribution is 0.649. The van der Waals surface area contributed by atoms with E-state index in [1.54, 1.807) is 0 Å². The number of para-hydroxylation sites is 1. The van der Waals surface area contributed by atoms with Gasteiger partial charge in [0, 0.05) is 28.8 Å². The number of nitrogens with zero attached hydrogens (tertiary/aromatic N) is 2. The SMILES string of the molecule is CCc1nc2cccc3c2n1C1=CC(c2ccc(C4c5ccccc5C(c5ccccc5)=C5C=CC=CC54)cc2)=CCC1S3. The smallest absolute Gasteiger partial charge is 0.113 e. The van der Waals surface area contributed by atoms with Crippen LogP contribution < -0.4 is 0 Å². The zero-order chi connectivity index (χ0) is 29.2. The van der Waals surface area contributed by atoms with Crippen molar-refractivity contribution in [1.82, 2.24) is 9.55 Å². The number of hydrogen-bond acceptors (Lipinski definition) is 2. The molecule has 0 fully saturated rings. The Morgan fingerprint density at radius 2 is 1.68 bits per heavy atom. The van der Waals surface area contributed by atoms with E-state index < -0.39 is 0 Å². The van der Waals surface area contributed by atoms with Crippen molar-refractivity contribution < 1.29 is 0 Å². The van der Waals surface area contributed by atoms with Crippen molar-refractivity contribution in [1.29, 1.82) is 0 Å². The van der Waals surface area contributed by atoms with Gasteiger partial charge in [0.15, 0.2) is 0 Å². The van der Waals surface area contributed by atoms with Crippen LogP contribution in [0, 0.1) is 5.92 Å². The highest BCUT2D eigenvalue weighted by Crippen LogP contribution is 2.51. The second-order valence-electron chi connectivity index (χ2n) is 12.1. The largest absolute Gasteiger partial charge is 0.298 e. The van der Waals surface area contributed by atoms with E-state index in [1.807, 2.05) is 11.8 Å². The highest BCUT2D eigenvalue weighted by atomic mass is 32.2. The fourth-order valence-electron chi connectivity index (χ4n) is 7.73. The van der Waals surface area contributed by atoms with E-state index in [0.717, 1.165) is 24.2 Å². The molecule has 4 aromatic carbocycles. The highest BCUT2D eigenvalue weighted by Gasteiger charge is 2.35. The third-order valence-electron chi connectivity index (χ3n) is 9.68. The summed E-state index contributed by atoms with van der Waals surface area (Å²) in [6.45, 7) is 2.21. The maximum Gasteiger partial charge on any atom is 0.113 e. The van der Waals surface area contributed by atoms with Gasteiger partial charge in [-0.3, -0.25) is 4.57 Å². The zero-order valence-corrected chi connectivity index (χ0v) is 25.5. The molecule has 1 aliphatic heterocycles. The molecule has 1 aromatic heterocycles. The molecule has 3 atom stereocenters. The molecule has 9 rings (SSSR count). The normalized spacial score (nSPS) is 21.4. The molecule has 0 bridgehead atoms. The van der Waals surface area contributed by atoms with Crippen molar-refractivity contribution in [3.63, 3.8) is 0 Å². The lowest BCUT2D eigenvalue weighted by atomic mass is 9.66. The van der Waals surface area contributed by atoms with Gasteiger partial charge in [-0.1, -0.05) is 122 Å². The van der Waals surface area contributed by atoms with Crippen LogP contribution >= 0.6 is 11.8 Å². The van der Waals surface area contributed by atoms with Crippen molar-refractivity contribution in [2.75, 3.05) is 0 Å². The number of allylic oxidation sites excluding steroid dienone is 8. The van der Waals surface area contributed by atoms with Crippen LogP contribution in [0.25, 0.3) is 27.9 Å². The summed E-state index contributed by atoms with van der Waals surface area (Å²) in [7, 11) is 0. The topological polar surface area (TPSA) is 17.8 Å². The Kier molecular flexibility index (Phi) is 6.02. The molecule has 44 heavy (non-hydrogen) atoms. The average Bonchev–Trinajstić information content (AvgIpc) is 3.48. The molecule has 3 aliphatic carbocycles. The van der Waals surface area contributed by atoms with Gasteiger partial charge in [-0.15, -0.1) is 11.8 Å². The first kappa shape index (κ1) is 25.9. The molecule has 2 nitrogen and oxygen atoms in total. The Morgan fingerprint density at radius 1 is 0.841 bits per heavy atom. The van der Waals surface area contributed by atoms with Crippen LogP contribution in [0.4, 0.5) is 0 Å². The molecule has 3 heteroatoms. The Bertz CT molecular complexity index is 2100. The maximum absolute atomic E-state index is 5.01. The third-order valence-corrected chi connectivity index (χ3v) is 11.0. The van der Waals surface area contributed by atoms with E-state index in [0.29, 0.717) is 11.2 Å². The summed E-state index contributed by atoms with van der Waals surface area (Å²) in [6.07, 6.45) is 15.9. The summed E-state index contributed by atoms with van der Waals surface area (Å²) >= 11 is 1.99. The molecule has 0 radical (unpaired) electrons. The van der Waals surface area contributed by atoms with Gasteiger partial charge in [0.25, 0.3) is 0 Å². The van der Waals surface area contributed by atoms with Gasteiger partial charge in [-0.2, -0.15) is 0 Å². The molecule has 212 valence electrons. The molecular formula is C41H32N2S. The lowest BCUT2D eigenvalue weighted by Gasteiger charge is -2.37. The van der Waals surface area contributed by atoms with E-state index in [-0.39, 0.29) is 5.92 Å². The van der Waals surface area contributed by atoms with Crippen LogP contribution in [0.15, 0.2) is 144 Å². The molecule has 3 unspecified atom stereocenters. The Hall–Kier alpha value is -4.60. The van der Waals surface area contributed by atoms with Gasteiger partial charge in [0.1, 0.15) is 5.82 Å². The monoisotopic (exact) mass is 584 g/mol. The molecule has 0 spiro atoms. The second kappa shape index (κ2) is 10.2. The number of thioether (sulfide) groups is 1. The second-order valence-corrected chi connectivity index (χ2v) is 13.3. The van der Waals surface area contributed by atoms with Gasteiger partial charge in [-0.05, 0) is 69.2 Å². The van der Waals surface area contributed by atoms with Gasteiger partial charge < -0.3 is 0 Å². The fraction of sp³-hybridized carbons (Fsp3) is 0.146. The number of rotatable bonds is 4. The maximum atomic E-state index is 5.01. The summed E-state index contributed by atoms with van der Waals surface area (Å²) in [5, 5.41) is 0.421. The molecule has 4 aliphatic rings. The summed E-state index contributed by atoms with van der Waals surface area (Å²) in [5.41, 5.74) is 14.5. The Labute approximate surface area is 262 Å². The molecule has 0 saturated carbocycles. The summed E-state index contributed by atoms with van der Waals surface area (Å²) < 4.78 is 2.45. The first-order valence-corrected chi connectivity index (χ1v) is 16.6. The van der Waals surface area contributed by atoms with Crippen LogP contribution in [0.1, 0.15) is 52.9 Å². The van der Waals surface area contributed by atoms with E-state index in [4.69, 9.17) is 4.98 Å². The summed E-state index contributed by atoms with van der Waals surface area (Å²) in [5.74, 6) is 1.72. The number of aromatic nitrogens is 2. The van der Waals surface area contributed by atoms with Crippen LogP contribution in [0.3, 0.4) is 0 Å². The van der Waals surface area contributed by atoms with Crippen molar-refractivity contribution in [2.24, 2.45) is 5.92 Å². The van der Waals surface area contributed by atoms with Crippen molar-refractivity contribution in [3.8, 4) is 0 Å². The van der Waals surface area contributed by atoms with Crippen LogP contribution in [-0.2, 0) is 6.42 Å². The van der Waals surface area contributed by atoms with Crippen molar-refractivity contribution >= 4 is 39.6 Å². The van der Waals surface area contributed by atoms with Gasteiger partial charge >= 0.3 is 0 Å². The minimum atomic E-state index is 0.268. The van der Waals surface area contributed by atoms with Gasteiger partial charge in [-0.25, -0.2) is 4.98 Å². The number of fused-ring (bicyclic) bond motifs is 4. The predicted molar refractivity (Wildman–Crippen MR) is 185 cm³/mol. The lowest BCUT2D eigenvalue weighted by Crippen LogP contribution is -2.22. The molecule has 0 saturated heterocycles. The number of imidazole rings is 1. The Balaban J connectivity index is 1.11. The predicted octanol–water partition coefficient (Wildman–Crippen LogP) is 10.1. The van der Waals surface area contributed by atoms with Crippen LogP contribution in [0.5, 0.6) is 0 Å². The standard InChI is InChI=1S/C41H32N2S/c1-2-38-42-34-17-10-18-37-41(34)43(38)35-25-29(23-24-36(35)44-37)26-19-21-28(22-20-26)40-32-15-8-6-13-30(32)39(27-11-4-3-5-12-27)31-14-7-9-16-33(31)40/h3-23,25,32,36,40H,2,24H2,1H3. The molecule has 0 amide bonds. The fourth-order valence-corrected chi connectivity index (χ4v) is 8.99. The minimum Gasteiger partial charge on any atom is -0.298 e. The van der Waals surface area contributed by atoms with E-state index in [9.17, 15) is 0 Å². The van der Waals surface area contributed by atoms with Gasteiger partial charge in [0.05, 0.1) is 16.3 Å². The van der Waals surface area contributed by atoms with E-state index in [2.05, 4.69) is 145 Å². The average molecular weight is 585 g/mol. The quantitative estimate of drug-likeness (QED) is 0.209. The number of aryl methyl sites for hydroxylation is 1. The summed E-state index contributed by atoms with van der Waals surface area (Å²) in [6, 6.07) is 35.9. The molecule has 0 N–H and O–H groups in total. The van der Waals surface area contributed by atoms with Crippen LogP contribution in [0.2, 0.25) is 0 Å². The van der Waals surface area contributed by atoms with Crippen molar-refractivity contribution in [3.05, 3.63) is 173 Å². The van der Waals surface area contributed by atoms with Crippen LogP contribution in [-0.4, -0.2) is 14.8 Å². The molecule has 5 aromatic rings. The van der Waals surface area contributed by atoms with E-state index in [1.165, 1.54) is 60.6 Å². The molecular weight excluding hydrogens is 553 g/mol. The van der Waals surface area contributed by atoms with Crippen molar-refractivity contribution in [2.45, 2.75) is 35.8 Å².